The Morgan fingerprint density at radius 1 is 1.50 bits per heavy atom. The van der Waals surface area contributed by atoms with E-state index in [0.29, 0.717) is 5.92 Å². The van der Waals surface area contributed by atoms with Crippen molar-refractivity contribution in [3.05, 3.63) is 35.8 Å². The third kappa shape index (κ3) is 1.41. The van der Waals surface area contributed by atoms with Crippen molar-refractivity contribution < 1.29 is 5.82 Å². The van der Waals surface area contributed by atoms with Crippen LogP contribution in [0.4, 0.5) is 4.39 Å². The van der Waals surface area contributed by atoms with Gasteiger partial charge in [0.2, 0.25) is 0 Å². The number of benzene rings is 1. The van der Waals surface area contributed by atoms with E-state index in [1.807, 2.05) is 6.20 Å². The first kappa shape index (κ1) is 9.25. The molecule has 0 amide bonds. The van der Waals surface area contributed by atoms with E-state index in [2.05, 4.69) is 18.8 Å². The van der Waals surface area contributed by atoms with Crippen LogP contribution in [-0.2, 0) is 0 Å². The maximum Gasteiger partial charge on any atom is 0.123 e. The zero-order valence-electron chi connectivity index (χ0n) is 8.47. The van der Waals surface area contributed by atoms with Crippen molar-refractivity contribution >= 4 is 10.9 Å². The minimum atomic E-state index is -0.165. The number of rotatable bonds is 2. The molecular weight excluding hydrogens is 177 g/mol. The van der Waals surface area contributed by atoms with Gasteiger partial charge in [0.25, 0.3) is 0 Å². The van der Waals surface area contributed by atoms with Crippen LogP contribution in [0, 0.1) is 5.82 Å². The number of hydrogen-bond donors (Lipinski definition) is 1. The summed E-state index contributed by atoms with van der Waals surface area (Å²) in [5.41, 5.74) is 2.23. The Morgan fingerprint density at radius 3 is 3.00 bits per heavy atom. The molecule has 0 aliphatic carbocycles. The van der Waals surface area contributed by atoms with Gasteiger partial charge in [-0.1, -0.05) is 13.8 Å². The highest BCUT2D eigenvalue weighted by Crippen LogP contribution is 2.27. The van der Waals surface area contributed by atoms with Crippen LogP contribution in [0.15, 0.2) is 24.4 Å². The van der Waals surface area contributed by atoms with E-state index in [0.717, 1.165) is 17.3 Å². The molecule has 0 aliphatic rings. The maximum atomic E-state index is 13.0. The second-order valence-corrected chi connectivity index (χ2v) is 3.74. The lowest BCUT2D eigenvalue weighted by Crippen LogP contribution is -1.88. The largest absolute Gasteiger partial charge is 0.361 e. The lowest BCUT2D eigenvalue weighted by molar-refractivity contribution is 0.629. The summed E-state index contributed by atoms with van der Waals surface area (Å²) in [4.78, 5) is 3.16. The molecule has 1 aromatic carbocycles. The summed E-state index contributed by atoms with van der Waals surface area (Å²) in [6, 6.07) is 4.88. The standard InChI is InChI=1S/C12H14FN.H2/c1-3-8(2)11-7-14-12-5-4-9(13)6-10(11)12;/h4-8,14H,3H2,1-2H3;1H. The van der Waals surface area contributed by atoms with Crippen LogP contribution in [0.25, 0.3) is 10.9 Å². The molecule has 1 unspecified atom stereocenters. The number of H-pyrrole nitrogens is 1. The topological polar surface area (TPSA) is 15.8 Å². The molecular formula is C12H16FN. The van der Waals surface area contributed by atoms with E-state index in [1.165, 1.54) is 11.6 Å². The predicted molar refractivity (Wildman–Crippen MR) is 59.1 cm³/mol. The molecule has 0 saturated carbocycles. The Balaban J connectivity index is 0.00000112. The molecule has 1 atom stereocenters. The van der Waals surface area contributed by atoms with Crippen molar-refractivity contribution in [2.24, 2.45) is 0 Å². The molecule has 0 radical (unpaired) electrons. The molecule has 1 aromatic heterocycles. The fourth-order valence-electron chi connectivity index (χ4n) is 1.74. The van der Waals surface area contributed by atoms with E-state index in [-0.39, 0.29) is 7.24 Å². The Kier molecular flexibility index (Phi) is 2.28. The molecule has 1 heterocycles. The molecule has 2 heteroatoms. The summed E-state index contributed by atoms with van der Waals surface area (Å²) in [5.74, 6) is 0.312. The van der Waals surface area contributed by atoms with Gasteiger partial charge in [-0.3, -0.25) is 0 Å². The second-order valence-electron chi connectivity index (χ2n) is 3.74. The monoisotopic (exact) mass is 193 g/mol. The zero-order chi connectivity index (χ0) is 10.1. The van der Waals surface area contributed by atoms with Crippen LogP contribution in [0.3, 0.4) is 0 Å². The van der Waals surface area contributed by atoms with Crippen molar-refractivity contribution in [1.82, 2.24) is 4.98 Å². The van der Waals surface area contributed by atoms with E-state index in [1.54, 1.807) is 12.1 Å². The first-order chi connectivity index (χ1) is 6.72. The Bertz CT molecular complexity index is 450. The number of aromatic nitrogens is 1. The zero-order valence-corrected chi connectivity index (χ0v) is 8.47. The highest BCUT2D eigenvalue weighted by molar-refractivity contribution is 5.83. The highest BCUT2D eigenvalue weighted by Gasteiger charge is 2.09. The minimum absolute atomic E-state index is 0. The second kappa shape index (κ2) is 3.45. The summed E-state index contributed by atoms with van der Waals surface area (Å²) >= 11 is 0. The molecule has 1 N–H and O–H groups in total. The average molecular weight is 193 g/mol. The van der Waals surface area contributed by atoms with Crippen LogP contribution >= 0.6 is 0 Å². The predicted octanol–water partition coefficient (Wildman–Crippen LogP) is 4.07. The van der Waals surface area contributed by atoms with Gasteiger partial charge in [0.15, 0.2) is 0 Å². The summed E-state index contributed by atoms with van der Waals surface area (Å²) in [7, 11) is 0. The smallest absolute Gasteiger partial charge is 0.123 e. The van der Waals surface area contributed by atoms with Crippen LogP contribution in [0.2, 0.25) is 0 Å². The van der Waals surface area contributed by atoms with Gasteiger partial charge in [0, 0.05) is 18.5 Å². The first-order valence-corrected chi connectivity index (χ1v) is 4.99. The fraction of sp³-hybridized carbons (Fsp3) is 0.333. The van der Waals surface area contributed by atoms with Gasteiger partial charge in [-0.2, -0.15) is 0 Å². The van der Waals surface area contributed by atoms with Crippen molar-refractivity contribution in [3.8, 4) is 0 Å². The van der Waals surface area contributed by atoms with Gasteiger partial charge >= 0.3 is 0 Å². The number of fused-ring (bicyclic) bond motifs is 1. The van der Waals surface area contributed by atoms with E-state index >= 15 is 0 Å². The minimum Gasteiger partial charge on any atom is -0.361 e. The fourth-order valence-corrected chi connectivity index (χ4v) is 1.74. The van der Waals surface area contributed by atoms with E-state index in [4.69, 9.17) is 0 Å². The molecule has 0 spiro atoms. The van der Waals surface area contributed by atoms with Crippen molar-refractivity contribution in [2.45, 2.75) is 26.2 Å². The van der Waals surface area contributed by atoms with Crippen LogP contribution in [0.5, 0.6) is 0 Å². The quantitative estimate of drug-likeness (QED) is 0.740. The third-order valence-electron chi connectivity index (χ3n) is 2.82. The number of halogens is 1. The van der Waals surface area contributed by atoms with Gasteiger partial charge in [0.05, 0.1) is 0 Å². The van der Waals surface area contributed by atoms with E-state index < -0.39 is 0 Å². The van der Waals surface area contributed by atoms with E-state index in [9.17, 15) is 4.39 Å². The van der Waals surface area contributed by atoms with Gasteiger partial charge in [0.1, 0.15) is 5.82 Å². The van der Waals surface area contributed by atoms with Crippen LogP contribution in [0.1, 0.15) is 33.2 Å². The summed E-state index contributed by atoms with van der Waals surface area (Å²) in [6.07, 6.45) is 3.06. The van der Waals surface area contributed by atoms with Gasteiger partial charge < -0.3 is 4.98 Å². The molecule has 2 aromatic rings. The lowest BCUT2D eigenvalue weighted by atomic mass is 9.98. The Hall–Kier alpha value is -1.31. The summed E-state index contributed by atoms with van der Waals surface area (Å²) in [6.45, 7) is 4.30. The highest BCUT2D eigenvalue weighted by atomic mass is 19.1. The van der Waals surface area contributed by atoms with Gasteiger partial charge in [-0.15, -0.1) is 0 Å². The van der Waals surface area contributed by atoms with Gasteiger partial charge in [-0.05, 0) is 36.1 Å². The molecule has 1 nitrogen and oxygen atoms in total. The molecule has 76 valence electrons. The van der Waals surface area contributed by atoms with Crippen LogP contribution in [-0.4, -0.2) is 4.98 Å². The van der Waals surface area contributed by atoms with Crippen molar-refractivity contribution in [1.29, 1.82) is 0 Å². The molecule has 14 heavy (non-hydrogen) atoms. The summed E-state index contributed by atoms with van der Waals surface area (Å²) in [5, 5.41) is 1.01. The summed E-state index contributed by atoms with van der Waals surface area (Å²) < 4.78 is 13.0. The number of aromatic amines is 1. The first-order valence-electron chi connectivity index (χ1n) is 4.99. The lowest BCUT2D eigenvalue weighted by Gasteiger charge is -2.06. The molecule has 0 fully saturated rings. The van der Waals surface area contributed by atoms with Crippen LogP contribution < -0.4 is 0 Å². The molecule has 0 saturated heterocycles. The molecule has 0 bridgehead atoms. The molecule has 2 rings (SSSR count). The normalized spacial score (nSPS) is 13.4. The maximum absolute atomic E-state index is 13.0. The van der Waals surface area contributed by atoms with Gasteiger partial charge in [-0.25, -0.2) is 4.39 Å². The third-order valence-corrected chi connectivity index (χ3v) is 2.82. The SMILES string of the molecule is CCC(C)c1c[nH]c2ccc(F)cc12.[HH]. The average Bonchev–Trinajstić information content (AvgIpc) is 2.59. The van der Waals surface area contributed by atoms with Crippen molar-refractivity contribution in [2.75, 3.05) is 0 Å². The number of hydrogen-bond acceptors (Lipinski definition) is 0. The number of nitrogens with one attached hydrogen (secondary N) is 1. The van der Waals surface area contributed by atoms with Crippen molar-refractivity contribution in [3.63, 3.8) is 0 Å². The Labute approximate surface area is 84.4 Å². The Morgan fingerprint density at radius 2 is 2.29 bits per heavy atom. The molecule has 0 aliphatic heterocycles.